The Morgan fingerprint density at radius 1 is 1.32 bits per heavy atom. The summed E-state index contributed by atoms with van der Waals surface area (Å²) in [5.74, 6) is 1.94. The van der Waals surface area contributed by atoms with Crippen molar-refractivity contribution < 1.29 is 14.9 Å². The van der Waals surface area contributed by atoms with Crippen LogP contribution in [0.3, 0.4) is 0 Å². The smallest absolute Gasteiger partial charge is 0.200 e. The minimum Gasteiger partial charge on any atom is -0.507 e. The van der Waals surface area contributed by atoms with Gasteiger partial charge in [0.15, 0.2) is 10.6 Å². The molecule has 1 aliphatic rings. The van der Waals surface area contributed by atoms with Gasteiger partial charge in [-0.05, 0) is 68.1 Å². The maximum atomic E-state index is 10.7. The summed E-state index contributed by atoms with van der Waals surface area (Å²) >= 11 is 5.58. The largest absolute Gasteiger partial charge is 0.507 e. The van der Waals surface area contributed by atoms with Crippen LogP contribution in [-0.4, -0.2) is 43.3 Å². The summed E-state index contributed by atoms with van der Waals surface area (Å²) in [6.07, 6.45) is 9.67. The molecule has 0 aliphatic heterocycles. The van der Waals surface area contributed by atoms with Gasteiger partial charge in [-0.25, -0.2) is 0 Å². The molecule has 164 valence electrons. The van der Waals surface area contributed by atoms with Crippen LogP contribution in [0.2, 0.25) is 0 Å². The lowest BCUT2D eigenvalue weighted by molar-refractivity contribution is 0.333. The molecule has 31 heavy (non-hydrogen) atoms. The zero-order chi connectivity index (χ0) is 22.0. The van der Waals surface area contributed by atoms with Crippen LogP contribution in [0.15, 0.2) is 42.3 Å². The fraction of sp³-hybridized carbons (Fsp3) is 0.391. The molecule has 0 bridgehead atoms. The number of H-pyrrole nitrogens is 1. The molecular formula is C23H28N4O3S. The second-order valence-electron chi connectivity index (χ2n) is 7.81. The maximum absolute atomic E-state index is 10.7. The number of benzene rings is 1. The molecule has 3 aromatic rings. The fourth-order valence-electron chi connectivity index (χ4n) is 3.91. The van der Waals surface area contributed by atoms with Gasteiger partial charge >= 0.3 is 0 Å². The molecule has 0 unspecified atom stereocenters. The van der Waals surface area contributed by atoms with Crippen LogP contribution in [0, 0.1) is 10.7 Å². The highest BCUT2D eigenvalue weighted by Gasteiger charge is 2.23. The van der Waals surface area contributed by atoms with Crippen molar-refractivity contribution in [3.05, 3.63) is 52.9 Å². The number of aromatic amines is 1. The quantitative estimate of drug-likeness (QED) is 0.250. The Kier molecular flexibility index (Phi) is 6.29. The van der Waals surface area contributed by atoms with Crippen LogP contribution in [0.1, 0.15) is 38.4 Å². The highest BCUT2D eigenvalue weighted by Crippen LogP contribution is 2.36. The molecule has 0 saturated heterocycles. The number of nitrogens with one attached hydrogen (secondary N) is 1. The predicted molar refractivity (Wildman–Crippen MR) is 124 cm³/mol. The molecule has 1 aliphatic carbocycles. The van der Waals surface area contributed by atoms with E-state index in [1.165, 1.54) is 18.9 Å². The number of nitrogens with zero attached hydrogens (tertiary/aromatic N) is 3. The van der Waals surface area contributed by atoms with Crippen molar-refractivity contribution in [3.63, 3.8) is 0 Å². The molecular weight excluding hydrogens is 412 g/mol. The number of allylic oxidation sites excluding steroid dienone is 2. The van der Waals surface area contributed by atoms with Crippen molar-refractivity contribution in [2.45, 2.75) is 39.2 Å². The summed E-state index contributed by atoms with van der Waals surface area (Å²) < 4.78 is 10.1. The third-order valence-electron chi connectivity index (χ3n) is 5.62. The van der Waals surface area contributed by atoms with Gasteiger partial charge in [-0.3, -0.25) is 9.67 Å². The molecule has 0 spiro atoms. The zero-order valence-electron chi connectivity index (χ0n) is 17.8. The van der Waals surface area contributed by atoms with E-state index in [0.717, 1.165) is 41.7 Å². The topological polar surface area (TPSA) is 88.2 Å². The Morgan fingerprint density at radius 3 is 2.81 bits per heavy atom. The van der Waals surface area contributed by atoms with Crippen molar-refractivity contribution in [3.8, 4) is 11.4 Å². The highest BCUT2D eigenvalue weighted by molar-refractivity contribution is 7.71. The van der Waals surface area contributed by atoms with Crippen molar-refractivity contribution >= 4 is 28.7 Å². The second kappa shape index (κ2) is 9.11. The molecule has 1 saturated carbocycles. The summed E-state index contributed by atoms with van der Waals surface area (Å²) in [5, 5.41) is 28.3. The molecule has 1 aromatic carbocycles. The van der Waals surface area contributed by atoms with Crippen molar-refractivity contribution in [1.29, 1.82) is 0 Å². The standard InChI is InChI=1S/C23H28N4O3S/c1-3-12-26-13-10-16-18(8-9-20(30-2)21(16)26)27-22(24-25-23(27)31)17(19(29)11-14-28)7-6-15-4-5-15/h7-11,13,15,28-29H,3-6,12,14H2,1-2H3,(H,25,31)/b17-7+,19-11+. The van der Waals surface area contributed by atoms with Crippen LogP contribution in [0.5, 0.6) is 5.75 Å². The second-order valence-corrected chi connectivity index (χ2v) is 8.20. The predicted octanol–water partition coefficient (Wildman–Crippen LogP) is 4.92. The number of aliphatic hydroxyl groups excluding tert-OH is 2. The van der Waals surface area contributed by atoms with Crippen LogP contribution in [0.4, 0.5) is 0 Å². The Bertz CT molecular complexity index is 1200. The summed E-state index contributed by atoms with van der Waals surface area (Å²) in [6, 6.07) is 5.94. The van der Waals surface area contributed by atoms with Gasteiger partial charge in [0, 0.05) is 18.1 Å². The van der Waals surface area contributed by atoms with E-state index in [4.69, 9.17) is 17.0 Å². The number of hydrogen-bond acceptors (Lipinski definition) is 5. The molecule has 8 heteroatoms. The van der Waals surface area contributed by atoms with E-state index < -0.39 is 0 Å². The monoisotopic (exact) mass is 440 g/mol. The summed E-state index contributed by atoms with van der Waals surface area (Å²) in [7, 11) is 1.67. The van der Waals surface area contributed by atoms with Gasteiger partial charge in [-0.2, -0.15) is 5.10 Å². The van der Waals surface area contributed by atoms with E-state index in [1.807, 2.05) is 22.8 Å². The summed E-state index contributed by atoms with van der Waals surface area (Å²) in [6.45, 7) is 2.75. The van der Waals surface area contributed by atoms with Crippen molar-refractivity contribution in [1.82, 2.24) is 19.3 Å². The number of rotatable bonds is 9. The molecule has 2 heterocycles. The SMILES string of the molecule is CCCn1ccc2c(-n3c(C(=C/CC4CC4)/C(O)=C\CO)n[nH]c3=S)ccc(OC)c21. The average molecular weight is 441 g/mol. The molecule has 0 amide bonds. The van der Waals surface area contributed by atoms with E-state index in [1.54, 1.807) is 7.11 Å². The normalized spacial score (nSPS) is 15.1. The van der Waals surface area contributed by atoms with Crippen LogP contribution < -0.4 is 4.74 Å². The highest BCUT2D eigenvalue weighted by atomic mass is 32.1. The molecule has 1 fully saturated rings. The molecule has 4 rings (SSSR count). The van der Waals surface area contributed by atoms with E-state index in [2.05, 4.69) is 34.0 Å². The van der Waals surface area contributed by atoms with Gasteiger partial charge in [0.1, 0.15) is 11.5 Å². The lowest BCUT2D eigenvalue weighted by atomic mass is 10.1. The van der Waals surface area contributed by atoms with Crippen LogP contribution >= 0.6 is 12.2 Å². The number of aliphatic hydroxyl groups is 2. The minimum absolute atomic E-state index is 0.00768. The van der Waals surface area contributed by atoms with Crippen LogP contribution in [0.25, 0.3) is 22.2 Å². The lowest BCUT2D eigenvalue weighted by Crippen LogP contribution is -2.05. The third-order valence-corrected chi connectivity index (χ3v) is 5.89. The number of aromatic nitrogens is 4. The first-order chi connectivity index (χ1) is 15.1. The number of hydrogen-bond donors (Lipinski definition) is 3. The van der Waals surface area contributed by atoms with Gasteiger partial charge in [0.25, 0.3) is 0 Å². The van der Waals surface area contributed by atoms with E-state index in [0.29, 0.717) is 22.1 Å². The molecule has 0 atom stereocenters. The molecule has 7 nitrogen and oxygen atoms in total. The molecule has 2 aromatic heterocycles. The number of methoxy groups -OCH3 is 1. The fourth-order valence-corrected chi connectivity index (χ4v) is 4.14. The minimum atomic E-state index is -0.260. The first-order valence-corrected chi connectivity index (χ1v) is 11.0. The Morgan fingerprint density at radius 2 is 2.13 bits per heavy atom. The van der Waals surface area contributed by atoms with E-state index in [-0.39, 0.29) is 12.4 Å². The molecule has 0 radical (unpaired) electrons. The first-order valence-electron chi connectivity index (χ1n) is 10.6. The van der Waals surface area contributed by atoms with Gasteiger partial charge in [0.2, 0.25) is 0 Å². The van der Waals surface area contributed by atoms with Crippen molar-refractivity contribution in [2.24, 2.45) is 5.92 Å². The van der Waals surface area contributed by atoms with E-state index in [9.17, 15) is 10.2 Å². The number of aryl methyl sites for hydroxylation is 1. The van der Waals surface area contributed by atoms with Crippen LogP contribution in [-0.2, 0) is 6.54 Å². The lowest BCUT2D eigenvalue weighted by Gasteiger charge is -2.14. The van der Waals surface area contributed by atoms with Crippen molar-refractivity contribution in [2.75, 3.05) is 13.7 Å². The number of ether oxygens (including phenoxy) is 1. The number of fused-ring (bicyclic) bond motifs is 1. The first kappa shape index (κ1) is 21.4. The van der Waals surface area contributed by atoms with Gasteiger partial charge in [-0.15, -0.1) is 0 Å². The third kappa shape index (κ3) is 4.18. The Labute approximate surface area is 186 Å². The van der Waals surface area contributed by atoms with Gasteiger partial charge in [-0.1, -0.05) is 13.0 Å². The Hall–Kier alpha value is -2.84. The van der Waals surface area contributed by atoms with E-state index >= 15 is 0 Å². The Balaban J connectivity index is 1.91. The summed E-state index contributed by atoms with van der Waals surface area (Å²) in [4.78, 5) is 0. The maximum Gasteiger partial charge on any atom is 0.200 e. The summed E-state index contributed by atoms with van der Waals surface area (Å²) in [5.41, 5.74) is 2.41. The van der Waals surface area contributed by atoms with Gasteiger partial charge in [0.05, 0.1) is 30.5 Å². The molecule has 3 N–H and O–H groups in total. The average Bonchev–Trinajstić information content (AvgIpc) is 3.39. The van der Waals surface area contributed by atoms with Gasteiger partial charge < -0.3 is 19.5 Å². The zero-order valence-corrected chi connectivity index (χ0v) is 18.7.